The fraction of sp³-hybridized carbons (Fsp3) is 0.474. The quantitative estimate of drug-likeness (QED) is 0.738. The van der Waals surface area contributed by atoms with Gasteiger partial charge in [0.25, 0.3) is 5.91 Å². The van der Waals surface area contributed by atoms with Gasteiger partial charge in [-0.25, -0.2) is 8.42 Å². The lowest BCUT2D eigenvalue weighted by molar-refractivity contribution is 0.0954. The van der Waals surface area contributed by atoms with Gasteiger partial charge >= 0.3 is 0 Å². The molecule has 1 aliphatic heterocycles. The first-order valence-electron chi connectivity index (χ1n) is 9.39. The number of nitrogens with one attached hydrogen (secondary N) is 2. The lowest BCUT2D eigenvalue weighted by atomic mass is 10.1. The molecule has 1 amide bonds. The second kappa shape index (κ2) is 8.22. The van der Waals surface area contributed by atoms with Crippen LogP contribution in [0.3, 0.4) is 0 Å². The molecule has 2 aromatic rings. The molecule has 2 heterocycles. The van der Waals surface area contributed by atoms with Crippen molar-refractivity contribution in [3.8, 4) is 0 Å². The Balaban J connectivity index is 2.03. The summed E-state index contributed by atoms with van der Waals surface area (Å²) in [5.41, 5.74) is 0.246. The van der Waals surface area contributed by atoms with Gasteiger partial charge < -0.3 is 10.3 Å². The van der Waals surface area contributed by atoms with Gasteiger partial charge in [0.2, 0.25) is 15.6 Å². The minimum Gasteiger partial charge on any atom is -0.352 e. The molecule has 0 spiro atoms. The van der Waals surface area contributed by atoms with Crippen molar-refractivity contribution < 1.29 is 13.2 Å². The topological polar surface area (TPSA) is 99.3 Å². The summed E-state index contributed by atoms with van der Waals surface area (Å²) < 4.78 is 27.4. The van der Waals surface area contributed by atoms with Gasteiger partial charge in [-0.1, -0.05) is 19.8 Å². The Labute approximate surface area is 158 Å². The molecule has 0 aliphatic carbocycles. The second-order valence-corrected chi connectivity index (χ2v) is 8.77. The van der Waals surface area contributed by atoms with E-state index in [-0.39, 0.29) is 16.4 Å². The van der Waals surface area contributed by atoms with Crippen molar-refractivity contribution in [2.24, 2.45) is 0 Å². The van der Waals surface area contributed by atoms with E-state index in [1.54, 1.807) is 6.07 Å². The molecule has 0 saturated carbocycles. The van der Waals surface area contributed by atoms with Crippen molar-refractivity contribution in [1.29, 1.82) is 0 Å². The smallest absolute Gasteiger partial charge is 0.252 e. The van der Waals surface area contributed by atoms with E-state index in [0.717, 1.165) is 32.1 Å². The first-order chi connectivity index (χ1) is 12.9. The number of H-pyrrole nitrogens is 1. The van der Waals surface area contributed by atoms with Crippen molar-refractivity contribution in [3.63, 3.8) is 0 Å². The van der Waals surface area contributed by atoms with Crippen LogP contribution < -0.4 is 10.9 Å². The number of benzene rings is 1. The number of hydrogen-bond acceptors (Lipinski definition) is 4. The summed E-state index contributed by atoms with van der Waals surface area (Å²) in [6, 6.07) is 5.75. The Morgan fingerprint density at radius 3 is 2.63 bits per heavy atom. The van der Waals surface area contributed by atoms with Crippen LogP contribution in [-0.2, 0) is 10.0 Å². The third kappa shape index (κ3) is 4.22. The molecule has 2 N–H and O–H groups in total. The number of unbranched alkanes of at least 4 members (excludes halogenated alkanes) is 1. The number of aromatic amines is 1. The van der Waals surface area contributed by atoms with Gasteiger partial charge in [0, 0.05) is 36.6 Å². The number of pyridine rings is 1. The molecule has 1 aromatic carbocycles. The van der Waals surface area contributed by atoms with Crippen LogP contribution in [0.4, 0.5) is 0 Å². The average molecular weight is 391 g/mol. The van der Waals surface area contributed by atoms with E-state index in [1.165, 1.54) is 22.5 Å². The monoisotopic (exact) mass is 391 g/mol. The molecule has 1 aromatic heterocycles. The first-order valence-corrected chi connectivity index (χ1v) is 10.8. The van der Waals surface area contributed by atoms with E-state index in [4.69, 9.17) is 0 Å². The summed E-state index contributed by atoms with van der Waals surface area (Å²) in [4.78, 5) is 27.2. The fourth-order valence-electron chi connectivity index (χ4n) is 3.31. The molecular formula is C19H25N3O4S. The van der Waals surface area contributed by atoms with Crippen molar-refractivity contribution in [1.82, 2.24) is 14.6 Å². The molecule has 0 bridgehead atoms. The standard InChI is InChI=1S/C19H25N3O4S/c1-2-3-9-20-19(24)16-13-18(23)21-17-8-7-14(12-15(16)17)27(25,26)22-10-5-4-6-11-22/h7-8,12-13H,2-6,9-11H2,1H3,(H,20,24)(H,21,23). The normalized spacial score (nSPS) is 15.7. The van der Waals surface area contributed by atoms with Crippen LogP contribution in [0.25, 0.3) is 10.9 Å². The zero-order chi connectivity index (χ0) is 19.4. The lowest BCUT2D eigenvalue weighted by Gasteiger charge is -2.26. The van der Waals surface area contributed by atoms with Crippen molar-refractivity contribution >= 4 is 26.8 Å². The van der Waals surface area contributed by atoms with E-state index >= 15 is 0 Å². The number of fused-ring (bicyclic) bond motifs is 1. The molecule has 3 rings (SSSR count). The van der Waals surface area contributed by atoms with Gasteiger partial charge in [-0.05, 0) is 37.5 Å². The Kier molecular flexibility index (Phi) is 5.96. The molecule has 0 radical (unpaired) electrons. The number of hydrogen-bond donors (Lipinski definition) is 2. The van der Waals surface area contributed by atoms with Crippen molar-refractivity contribution in [2.75, 3.05) is 19.6 Å². The van der Waals surface area contributed by atoms with E-state index in [2.05, 4.69) is 10.3 Å². The van der Waals surface area contributed by atoms with Crippen LogP contribution in [0.15, 0.2) is 34.0 Å². The van der Waals surface area contributed by atoms with Crippen LogP contribution >= 0.6 is 0 Å². The predicted molar refractivity (Wildman–Crippen MR) is 104 cm³/mol. The first kappa shape index (κ1) is 19.6. The summed E-state index contributed by atoms with van der Waals surface area (Å²) in [6.45, 7) is 3.55. The number of aromatic nitrogens is 1. The largest absolute Gasteiger partial charge is 0.352 e. The Morgan fingerprint density at radius 1 is 1.19 bits per heavy atom. The third-order valence-electron chi connectivity index (χ3n) is 4.83. The number of piperidine rings is 1. The van der Waals surface area contributed by atoms with Crippen LogP contribution in [0, 0.1) is 0 Å². The number of carbonyl (C=O) groups is 1. The SMILES string of the molecule is CCCCNC(=O)c1cc(=O)[nH]c2ccc(S(=O)(=O)N3CCCCC3)cc12. The molecule has 1 fully saturated rings. The molecular weight excluding hydrogens is 366 g/mol. The van der Waals surface area contributed by atoms with Gasteiger partial charge in [-0.2, -0.15) is 4.31 Å². The molecule has 7 nitrogen and oxygen atoms in total. The number of rotatable bonds is 6. The van der Waals surface area contributed by atoms with E-state index in [1.807, 2.05) is 6.92 Å². The van der Waals surface area contributed by atoms with E-state index in [9.17, 15) is 18.0 Å². The number of amides is 1. The van der Waals surface area contributed by atoms with E-state index in [0.29, 0.717) is 30.5 Å². The van der Waals surface area contributed by atoms with Crippen molar-refractivity contribution in [3.05, 3.63) is 40.2 Å². The van der Waals surface area contributed by atoms with E-state index < -0.39 is 15.6 Å². The predicted octanol–water partition coefficient (Wildman–Crippen LogP) is 2.23. The average Bonchev–Trinajstić information content (AvgIpc) is 2.67. The Hall–Kier alpha value is -2.19. The maximum absolute atomic E-state index is 12.9. The highest BCUT2D eigenvalue weighted by atomic mass is 32.2. The molecule has 0 atom stereocenters. The fourth-order valence-corrected chi connectivity index (χ4v) is 4.85. The Bertz CT molecular complexity index is 992. The number of nitrogens with zero attached hydrogens (tertiary/aromatic N) is 1. The molecule has 27 heavy (non-hydrogen) atoms. The maximum Gasteiger partial charge on any atom is 0.252 e. The van der Waals surface area contributed by atoms with Gasteiger partial charge in [-0.15, -0.1) is 0 Å². The summed E-state index contributed by atoms with van der Waals surface area (Å²) in [6.07, 6.45) is 4.51. The lowest BCUT2D eigenvalue weighted by Crippen LogP contribution is -2.35. The summed E-state index contributed by atoms with van der Waals surface area (Å²) in [5, 5.41) is 3.22. The summed E-state index contributed by atoms with van der Waals surface area (Å²) in [5.74, 6) is -0.368. The molecule has 0 unspecified atom stereocenters. The minimum atomic E-state index is -3.62. The highest BCUT2D eigenvalue weighted by molar-refractivity contribution is 7.89. The molecule has 1 saturated heterocycles. The highest BCUT2D eigenvalue weighted by Gasteiger charge is 2.26. The maximum atomic E-state index is 12.9. The van der Waals surface area contributed by atoms with Crippen LogP contribution in [0.5, 0.6) is 0 Å². The van der Waals surface area contributed by atoms with Crippen molar-refractivity contribution in [2.45, 2.75) is 43.9 Å². The minimum absolute atomic E-state index is 0.145. The molecule has 146 valence electrons. The van der Waals surface area contributed by atoms with Gasteiger partial charge in [0.15, 0.2) is 0 Å². The summed E-state index contributed by atoms with van der Waals surface area (Å²) in [7, 11) is -3.62. The van der Waals surface area contributed by atoms with Gasteiger partial charge in [-0.3, -0.25) is 9.59 Å². The second-order valence-electron chi connectivity index (χ2n) is 6.83. The number of carbonyl (C=O) groups excluding carboxylic acids is 1. The van der Waals surface area contributed by atoms with Gasteiger partial charge in [0.1, 0.15) is 0 Å². The Morgan fingerprint density at radius 2 is 1.93 bits per heavy atom. The highest BCUT2D eigenvalue weighted by Crippen LogP contribution is 2.25. The third-order valence-corrected chi connectivity index (χ3v) is 6.72. The molecule has 8 heteroatoms. The molecule has 1 aliphatic rings. The van der Waals surface area contributed by atoms with Crippen LogP contribution in [0.2, 0.25) is 0 Å². The zero-order valence-electron chi connectivity index (χ0n) is 15.5. The van der Waals surface area contributed by atoms with Crippen LogP contribution in [0.1, 0.15) is 49.4 Å². The summed E-state index contributed by atoms with van der Waals surface area (Å²) >= 11 is 0. The van der Waals surface area contributed by atoms with Gasteiger partial charge in [0.05, 0.1) is 10.5 Å². The van der Waals surface area contributed by atoms with Crippen LogP contribution in [-0.4, -0.2) is 43.2 Å². The number of sulfonamides is 1. The zero-order valence-corrected chi connectivity index (χ0v) is 16.3.